The van der Waals surface area contributed by atoms with Gasteiger partial charge in [0, 0.05) is 44.5 Å². The molecule has 12 nitrogen and oxygen atoms in total. The Bertz CT molecular complexity index is 1390. The molecule has 2 N–H and O–H groups in total. The number of aryl methyl sites for hydroxylation is 1. The Labute approximate surface area is 237 Å². The van der Waals surface area contributed by atoms with Crippen molar-refractivity contribution in [1.29, 1.82) is 0 Å². The molecule has 216 valence electrons. The van der Waals surface area contributed by atoms with E-state index in [0.717, 1.165) is 44.2 Å². The molecule has 0 aliphatic carbocycles. The average Bonchev–Trinajstić information content (AvgIpc) is 2.97. The lowest BCUT2D eigenvalue weighted by atomic mass is 9.96. The van der Waals surface area contributed by atoms with Crippen LogP contribution in [0.1, 0.15) is 30.9 Å². The topological polar surface area (TPSA) is 145 Å². The Kier molecular flexibility index (Phi) is 10.0. The standard InChI is InChI=1S/C29H34N6O6/c1-20-17-35(18-24(27(37)41-21(2)36)32-29(39)40-19-23-8-4-3-5-9-23)28(38)33-26(20)31-16-22-11-14-34(15-12-22)25-10-6-7-13-30-25/h3-10,13,17,22,24H,11-12,14-16,18-19H2,1-2H3,(H,32,39)(H,31,33,38). The highest BCUT2D eigenvalue weighted by molar-refractivity contribution is 5.89. The number of ether oxygens (including phenoxy) is 2. The number of alkyl carbamates (subject to hydrolysis) is 1. The first-order chi connectivity index (χ1) is 19.8. The lowest BCUT2D eigenvalue weighted by Gasteiger charge is -2.33. The van der Waals surface area contributed by atoms with Gasteiger partial charge in [-0.25, -0.2) is 19.4 Å². The zero-order chi connectivity index (χ0) is 29.2. The number of rotatable bonds is 10. The molecule has 0 saturated carbocycles. The van der Waals surface area contributed by atoms with Gasteiger partial charge in [0.15, 0.2) is 0 Å². The summed E-state index contributed by atoms with van der Waals surface area (Å²) < 4.78 is 11.1. The van der Waals surface area contributed by atoms with E-state index in [2.05, 4.69) is 30.2 Å². The lowest BCUT2D eigenvalue weighted by Crippen LogP contribution is -2.47. The summed E-state index contributed by atoms with van der Waals surface area (Å²) in [5.74, 6) is -0.0131. The monoisotopic (exact) mass is 562 g/mol. The first-order valence-electron chi connectivity index (χ1n) is 13.5. The molecule has 0 bridgehead atoms. The van der Waals surface area contributed by atoms with Gasteiger partial charge in [0.1, 0.15) is 24.3 Å². The Hall–Kier alpha value is -4.74. The van der Waals surface area contributed by atoms with Gasteiger partial charge in [0.25, 0.3) is 0 Å². The minimum Gasteiger partial charge on any atom is -0.445 e. The van der Waals surface area contributed by atoms with E-state index in [1.165, 1.54) is 4.57 Å². The van der Waals surface area contributed by atoms with Gasteiger partial charge >= 0.3 is 23.7 Å². The number of anilines is 2. The summed E-state index contributed by atoms with van der Waals surface area (Å²) in [4.78, 5) is 60.0. The predicted molar refractivity (Wildman–Crippen MR) is 151 cm³/mol. The predicted octanol–water partition coefficient (Wildman–Crippen LogP) is 2.66. The summed E-state index contributed by atoms with van der Waals surface area (Å²) in [5.41, 5.74) is 0.812. The molecule has 3 heterocycles. The molecule has 2 aromatic heterocycles. The molecule has 41 heavy (non-hydrogen) atoms. The number of aromatic nitrogens is 3. The van der Waals surface area contributed by atoms with E-state index < -0.39 is 29.8 Å². The van der Waals surface area contributed by atoms with Crippen LogP contribution in [-0.4, -0.2) is 58.2 Å². The minimum absolute atomic E-state index is 0.0235. The van der Waals surface area contributed by atoms with E-state index in [0.29, 0.717) is 23.8 Å². The highest BCUT2D eigenvalue weighted by Gasteiger charge is 2.26. The summed E-state index contributed by atoms with van der Waals surface area (Å²) in [6.45, 7) is 5.00. The maximum Gasteiger partial charge on any atom is 0.408 e. The van der Waals surface area contributed by atoms with Gasteiger partial charge < -0.3 is 25.0 Å². The summed E-state index contributed by atoms with van der Waals surface area (Å²) >= 11 is 0. The minimum atomic E-state index is -1.36. The van der Waals surface area contributed by atoms with Crippen LogP contribution < -0.4 is 21.2 Å². The van der Waals surface area contributed by atoms with Gasteiger partial charge in [-0.3, -0.25) is 9.36 Å². The third kappa shape index (κ3) is 8.62. The molecule has 1 aromatic carbocycles. The highest BCUT2D eigenvalue weighted by Crippen LogP contribution is 2.22. The molecule has 4 rings (SSSR count). The van der Waals surface area contributed by atoms with Crippen molar-refractivity contribution in [2.45, 2.75) is 45.9 Å². The quantitative estimate of drug-likeness (QED) is 0.279. The van der Waals surface area contributed by atoms with Crippen LogP contribution in [-0.2, 0) is 32.2 Å². The fourth-order valence-corrected chi connectivity index (χ4v) is 4.55. The molecule has 0 radical (unpaired) electrons. The molecule has 1 aliphatic heterocycles. The van der Waals surface area contributed by atoms with Gasteiger partial charge in [-0.05, 0) is 43.4 Å². The number of nitrogens with one attached hydrogen (secondary N) is 2. The number of benzene rings is 1. The molecule has 3 aromatic rings. The van der Waals surface area contributed by atoms with Gasteiger partial charge in [-0.1, -0.05) is 36.4 Å². The van der Waals surface area contributed by atoms with Crippen LogP contribution in [0, 0.1) is 12.8 Å². The van der Waals surface area contributed by atoms with E-state index in [4.69, 9.17) is 4.74 Å². The van der Waals surface area contributed by atoms with Crippen molar-refractivity contribution in [1.82, 2.24) is 19.9 Å². The van der Waals surface area contributed by atoms with Crippen molar-refractivity contribution in [2.75, 3.05) is 29.9 Å². The zero-order valence-corrected chi connectivity index (χ0v) is 23.1. The van der Waals surface area contributed by atoms with Gasteiger partial charge in [0.2, 0.25) is 0 Å². The fraction of sp³-hybridized carbons (Fsp3) is 0.379. The maximum absolute atomic E-state index is 12.9. The number of pyridine rings is 1. The highest BCUT2D eigenvalue weighted by atomic mass is 16.6. The van der Waals surface area contributed by atoms with Gasteiger partial charge in [-0.15, -0.1) is 0 Å². The number of hydrogen-bond acceptors (Lipinski definition) is 10. The van der Waals surface area contributed by atoms with E-state index >= 15 is 0 Å². The average molecular weight is 563 g/mol. The Balaban J connectivity index is 1.35. The van der Waals surface area contributed by atoms with Crippen molar-refractivity contribution in [2.24, 2.45) is 5.92 Å². The normalized spacial score (nSPS) is 14.1. The lowest BCUT2D eigenvalue weighted by molar-refractivity contribution is -0.159. The molecular weight excluding hydrogens is 528 g/mol. The fourth-order valence-electron chi connectivity index (χ4n) is 4.55. The smallest absolute Gasteiger partial charge is 0.408 e. The van der Waals surface area contributed by atoms with E-state index in [-0.39, 0.29) is 13.2 Å². The number of carbonyl (C=O) groups is 3. The van der Waals surface area contributed by atoms with Crippen molar-refractivity contribution in [3.8, 4) is 0 Å². The third-order valence-corrected chi connectivity index (χ3v) is 6.74. The van der Waals surface area contributed by atoms with E-state index in [1.54, 1.807) is 43.6 Å². The van der Waals surface area contributed by atoms with Crippen molar-refractivity contribution in [3.05, 3.63) is 82.5 Å². The molecule has 1 amide bonds. The van der Waals surface area contributed by atoms with E-state index in [1.807, 2.05) is 24.3 Å². The van der Waals surface area contributed by atoms with Crippen LogP contribution >= 0.6 is 0 Å². The van der Waals surface area contributed by atoms with Crippen LogP contribution in [0.2, 0.25) is 0 Å². The molecule has 12 heteroatoms. The molecule has 1 saturated heterocycles. The second-order valence-electron chi connectivity index (χ2n) is 9.88. The first kappa shape index (κ1) is 29.2. The number of nitrogens with zero attached hydrogens (tertiary/aromatic N) is 4. The molecular formula is C29H34N6O6. The van der Waals surface area contributed by atoms with Crippen LogP contribution in [0.15, 0.2) is 65.7 Å². The molecule has 1 atom stereocenters. The zero-order valence-electron chi connectivity index (χ0n) is 23.1. The number of esters is 2. The second-order valence-corrected chi connectivity index (χ2v) is 9.88. The van der Waals surface area contributed by atoms with Gasteiger partial charge in [0.05, 0.1) is 6.54 Å². The summed E-state index contributed by atoms with van der Waals surface area (Å²) in [6, 6.07) is 13.5. The summed E-state index contributed by atoms with van der Waals surface area (Å²) in [7, 11) is 0. The molecule has 1 fully saturated rings. The number of hydrogen-bond donors (Lipinski definition) is 2. The Morgan fingerprint density at radius 3 is 2.49 bits per heavy atom. The molecule has 1 aliphatic rings. The number of piperidine rings is 1. The summed E-state index contributed by atoms with van der Waals surface area (Å²) in [5, 5.41) is 5.67. The Morgan fingerprint density at radius 2 is 1.80 bits per heavy atom. The van der Waals surface area contributed by atoms with Crippen molar-refractivity contribution < 1.29 is 23.9 Å². The molecule has 1 unspecified atom stereocenters. The third-order valence-electron chi connectivity index (χ3n) is 6.74. The number of carbonyl (C=O) groups excluding carboxylic acids is 3. The van der Waals surface area contributed by atoms with Crippen LogP contribution in [0.4, 0.5) is 16.4 Å². The molecule has 0 spiro atoms. The van der Waals surface area contributed by atoms with Crippen LogP contribution in [0.3, 0.4) is 0 Å². The van der Waals surface area contributed by atoms with Gasteiger partial charge in [-0.2, -0.15) is 4.98 Å². The SMILES string of the molecule is CC(=O)OC(=O)C(Cn1cc(C)c(NCC2CCN(c3ccccn3)CC2)nc1=O)NC(=O)OCc1ccccc1. The van der Waals surface area contributed by atoms with E-state index in [9.17, 15) is 19.2 Å². The van der Waals surface area contributed by atoms with Crippen LogP contribution in [0.5, 0.6) is 0 Å². The summed E-state index contributed by atoms with van der Waals surface area (Å²) in [6.07, 6.45) is 4.40. The van der Waals surface area contributed by atoms with Crippen LogP contribution in [0.25, 0.3) is 0 Å². The largest absolute Gasteiger partial charge is 0.445 e. The first-order valence-corrected chi connectivity index (χ1v) is 13.5. The maximum atomic E-state index is 12.9. The Morgan fingerprint density at radius 1 is 1.07 bits per heavy atom. The second kappa shape index (κ2) is 14.1. The van der Waals surface area contributed by atoms with Crippen molar-refractivity contribution >= 4 is 29.7 Å². The number of amides is 1. The van der Waals surface area contributed by atoms with Crippen molar-refractivity contribution in [3.63, 3.8) is 0 Å².